The summed E-state index contributed by atoms with van der Waals surface area (Å²) in [5, 5.41) is 10.3. The molecule has 1 fully saturated rings. The van der Waals surface area contributed by atoms with Crippen molar-refractivity contribution in [2.45, 2.75) is 31.4 Å². The van der Waals surface area contributed by atoms with Crippen LogP contribution < -0.4 is 0 Å². The molecule has 1 N–H and O–H groups in total. The SMILES string of the molecule is CN(C)C1CCCN(CCC(O)c2cccc(Br)c2)C1. The molecule has 1 aliphatic heterocycles. The van der Waals surface area contributed by atoms with Gasteiger partial charge >= 0.3 is 0 Å². The summed E-state index contributed by atoms with van der Waals surface area (Å²) in [6.45, 7) is 3.26. The van der Waals surface area contributed by atoms with Crippen LogP contribution in [0.4, 0.5) is 0 Å². The number of halogens is 1. The highest BCUT2D eigenvalue weighted by Crippen LogP contribution is 2.22. The van der Waals surface area contributed by atoms with Crippen LogP contribution in [0.25, 0.3) is 0 Å². The summed E-state index contributed by atoms with van der Waals surface area (Å²) in [5.74, 6) is 0. The Labute approximate surface area is 130 Å². The molecule has 2 rings (SSSR count). The first-order valence-corrected chi connectivity index (χ1v) is 8.18. The average molecular weight is 341 g/mol. The van der Waals surface area contributed by atoms with E-state index in [1.807, 2.05) is 24.3 Å². The number of hydrogen-bond donors (Lipinski definition) is 1. The van der Waals surface area contributed by atoms with Gasteiger partial charge in [0, 0.05) is 23.6 Å². The van der Waals surface area contributed by atoms with Gasteiger partial charge < -0.3 is 14.9 Å². The fourth-order valence-corrected chi connectivity index (χ4v) is 3.26. The first-order valence-electron chi connectivity index (χ1n) is 7.38. The molecule has 2 atom stereocenters. The van der Waals surface area contributed by atoms with E-state index in [9.17, 15) is 5.11 Å². The fraction of sp³-hybridized carbons (Fsp3) is 0.625. The van der Waals surface area contributed by atoms with Gasteiger partial charge in [0.15, 0.2) is 0 Å². The Hall–Kier alpha value is -0.420. The average Bonchev–Trinajstić information content (AvgIpc) is 2.45. The number of aliphatic hydroxyl groups is 1. The zero-order valence-corrected chi connectivity index (χ0v) is 14.0. The summed E-state index contributed by atoms with van der Waals surface area (Å²) in [7, 11) is 4.31. The Bertz CT molecular complexity index is 425. The van der Waals surface area contributed by atoms with Crippen LogP contribution in [0.1, 0.15) is 30.9 Å². The normalized spacial score (nSPS) is 22.1. The van der Waals surface area contributed by atoms with Crippen molar-refractivity contribution in [2.24, 2.45) is 0 Å². The van der Waals surface area contributed by atoms with Crippen molar-refractivity contribution in [2.75, 3.05) is 33.7 Å². The molecule has 1 aromatic rings. The number of hydrogen-bond acceptors (Lipinski definition) is 3. The number of rotatable bonds is 5. The molecule has 0 aliphatic carbocycles. The van der Waals surface area contributed by atoms with Gasteiger partial charge in [0.1, 0.15) is 0 Å². The molecule has 4 heteroatoms. The summed E-state index contributed by atoms with van der Waals surface area (Å²) >= 11 is 3.45. The summed E-state index contributed by atoms with van der Waals surface area (Å²) < 4.78 is 1.03. The second-order valence-electron chi connectivity index (χ2n) is 5.92. The summed E-state index contributed by atoms with van der Waals surface area (Å²) in [6.07, 6.45) is 2.98. The summed E-state index contributed by atoms with van der Waals surface area (Å²) in [5.41, 5.74) is 1.00. The van der Waals surface area contributed by atoms with Gasteiger partial charge in [-0.3, -0.25) is 0 Å². The Morgan fingerprint density at radius 1 is 1.45 bits per heavy atom. The molecule has 1 heterocycles. The molecule has 2 unspecified atom stereocenters. The Morgan fingerprint density at radius 2 is 2.25 bits per heavy atom. The van der Waals surface area contributed by atoms with Crippen molar-refractivity contribution in [1.29, 1.82) is 0 Å². The van der Waals surface area contributed by atoms with Crippen molar-refractivity contribution in [3.8, 4) is 0 Å². The molecular formula is C16H25BrN2O. The number of piperidine rings is 1. The summed E-state index contributed by atoms with van der Waals surface area (Å²) in [6, 6.07) is 8.62. The van der Waals surface area contributed by atoms with E-state index in [0.717, 1.165) is 36.1 Å². The minimum absolute atomic E-state index is 0.368. The van der Waals surface area contributed by atoms with Gasteiger partial charge in [0.2, 0.25) is 0 Å². The molecular weight excluding hydrogens is 316 g/mol. The monoisotopic (exact) mass is 340 g/mol. The Balaban J connectivity index is 1.82. The second-order valence-corrected chi connectivity index (χ2v) is 6.84. The third-order valence-electron chi connectivity index (χ3n) is 4.16. The zero-order valence-electron chi connectivity index (χ0n) is 12.4. The van der Waals surface area contributed by atoms with Crippen molar-refractivity contribution >= 4 is 15.9 Å². The largest absolute Gasteiger partial charge is 0.388 e. The van der Waals surface area contributed by atoms with E-state index in [1.165, 1.54) is 12.8 Å². The Kier molecular flexibility index (Phi) is 6.02. The van der Waals surface area contributed by atoms with Crippen molar-refractivity contribution in [1.82, 2.24) is 9.80 Å². The van der Waals surface area contributed by atoms with E-state index in [2.05, 4.69) is 39.8 Å². The lowest BCUT2D eigenvalue weighted by atomic mass is 10.0. The van der Waals surface area contributed by atoms with E-state index >= 15 is 0 Å². The lowest BCUT2D eigenvalue weighted by molar-refractivity contribution is 0.102. The number of likely N-dealkylation sites (tertiary alicyclic amines) is 1. The number of nitrogens with zero attached hydrogens (tertiary/aromatic N) is 2. The third-order valence-corrected chi connectivity index (χ3v) is 4.66. The van der Waals surface area contributed by atoms with E-state index < -0.39 is 0 Å². The number of likely N-dealkylation sites (N-methyl/N-ethyl adjacent to an activating group) is 1. The molecule has 0 radical (unpaired) electrons. The molecule has 0 bridgehead atoms. The molecule has 3 nitrogen and oxygen atoms in total. The minimum atomic E-state index is -0.368. The third kappa shape index (κ3) is 4.55. The van der Waals surface area contributed by atoms with Crippen LogP contribution in [0.5, 0.6) is 0 Å². The van der Waals surface area contributed by atoms with Gasteiger partial charge in [0.05, 0.1) is 6.10 Å². The van der Waals surface area contributed by atoms with Crippen LogP contribution >= 0.6 is 15.9 Å². The molecule has 112 valence electrons. The van der Waals surface area contributed by atoms with Crippen LogP contribution in [0, 0.1) is 0 Å². The molecule has 0 saturated carbocycles. The van der Waals surface area contributed by atoms with Crippen LogP contribution in [-0.2, 0) is 0 Å². The van der Waals surface area contributed by atoms with Gasteiger partial charge in [-0.25, -0.2) is 0 Å². The highest BCUT2D eigenvalue weighted by atomic mass is 79.9. The molecule has 0 amide bonds. The Morgan fingerprint density at radius 3 is 2.95 bits per heavy atom. The molecule has 20 heavy (non-hydrogen) atoms. The van der Waals surface area contributed by atoms with Crippen LogP contribution in [-0.4, -0.2) is 54.7 Å². The maximum Gasteiger partial charge on any atom is 0.0802 e. The number of benzene rings is 1. The quantitative estimate of drug-likeness (QED) is 0.892. The second kappa shape index (κ2) is 7.55. The zero-order chi connectivity index (χ0) is 14.5. The van der Waals surface area contributed by atoms with Gasteiger partial charge in [-0.05, 0) is 57.6 Å². The predicted molar refractivity (Wildman–Crippen MR) is 86.9 cm³/mol. The van der Waals surface area contributed by atoms with Crippen LogP contribution in [0.2, 0.25) is 0 Å². The first-order chi connectivity index (χ1) is 9.56. The van der Waals surface area contributed by atoms with Gasteiger partial charge in [-0.1, -0.05) is 28.1 Å². The van der Waals surface area contributed by atoms with Gasteiger partial charge in [0.25, 0.3) is 0 Å². The van der Waals surface area contributed by atoms with Crippen molar-refractivity contribution in [3.05, 3.63) is 34.3 Å². The van der Waals surface area contributed by atoms with E-state index in [1.54, 1.807) is 0 Å². The van der Waals surface area contributed by atoms with Crippen LogP contribution in [0.15, 0.2) is 28.7 Å². The van der Waals surface area contributed by atoms with Crippen molar-refractivity contribution in [3.63, 3.8) is 0 Å². The topological polar surface area (TPSA) is 26.7 Å². The molecule has 1 saturated heterocycles. The standard InChI is InChI=1S/C16H25BrN2O/c1-18(2)15-7-4-9-19(12-15)10-8-16(20)13-5-3-6-14(17)11-13/h3,5-6,11,15-16,20H,4,7-10,12H2,1-2H3. The van der Waals surface area contributed by atoms with Crippen LogP contribution in [0.3, 0.4) is 0 Å². The maximum absolute atomic E-state index is 10.3. The van der Waals surface area contributed by atoms with Crippen molar-refractivity contribution < 1.29 is 5.11 Å². The maximum atomic E-state index is 10.3. The smallest absolute Gasteiger partial charge is 0.0802 e. The van der Waals surface area contributed by atoms with Gasteiger partial charge in [-0.2, -0.15) is 0 Å². The minimum Gasteiger partial charge on any atom is -0.388 e. The predicted octanol–water partition coefficient (Wildman–Crippen LogP) is 2.90. The molecule has 1 aromatic carbocycles. The molecule has 0 aromatic heterocycles. The highest BCUT2D eigenvalue weighted by Gasteiger charge is 2.21. The lowest BCUT2D eigenvalue weighted by Crippen LogP contribution is -2.45. The summed E-state index contributed by atoms with van der Waals surface area (Å²) in [4.78, 5) is 4.80. The number of aliphatic hydroxyl groups excluding tert-OH is 1. The molecule has 1 aliphatic rings. The first kappa shape index (κ1) is 16.0. The molecule has 0 spiro atoms. The lowest BCUT2D eigenvalue weighted by Gasteiger charge is -2.36. The van der Waals surface area contributed by atoms with Gasteiger partial charge in [-0.15, -0.1) is 0 Å². The van der Waals surface area contributed by atoms with E-state index in [4.69, 9.17) is 0 Å². The van der Waals surface area contributed by atoms with E-state index in [0.29, 0.717) is 6.04 Å². The fourth-order valence-electron chi connectivity index (χ4n) is 2.84. The highest BCUT2D eigenvalue weighted by molar-refractivity contribution is 9.10. The van der Waals surface area contributed by atoms with E-state index in [-0.39, 0.29) is 6.10 Å².